The molecule has 2 aromatic carbocycles. The molecule has 3 rings (SSSR count). The van der Waals surface area contributed by atoms with E-state index in [4.69, 9.17) is 10.5 Å². The third kappa shape index (κ3) is 3.93. The number of hydrogen-bond acceptors (Lipinski definition) is 3. The molecule has 0 atom stereocenters. The maximum atomic E-state index is 11.9. The van der Waals surface area contributed by atoms with Crippen LogP contribution in [0.25, 0.3) is 0 Å². The summed E-state index contributed by atoms with van der Waals surface area (Å²) in [6.45, 7) is 0.293. The zero-order valence-electron chi connectivity index (χ0n) is 13.4. The Bertz CT molecular complexity index is 771. The first-order chi connectivity index (χ1) is 11.6. The fraction of sp³-hybridized carbons (Fsp3) is 0.263. The van der Waals surface area contributed by atoms with Gasteiger partial charge in [0.1, 0.15) is 5.75 Å². The highest BCUT2D eigenvalue weighted by Gasteiger charge is 2.12. The maximum absolute atomic E-state index is 11.9. The molecule has 2 aromatic rings. The zero-order chi connectivity index (χ0) is 16.9. The number of nitrogens with two attached hydrogens (primary N) is 1. The van der Waals surface area contributed by atoms with Crippen LogP contribution >= 0.6 is 0 Å². The van der Waals surface area contributed by atoms with Gasteiger partial charge in [-0.1, -0.05) is 18.2 Å². The number of amides is 2. The van der Waals surface area contributed by atoms with E-state index in [1.807, 2.05) is 18.2 Å². The highest BCUT2D eigenvalue weighted by molar-refractivity contribution is 5.92. The molecular formula is C19H20N2O3. The van der Waals surface area contributed by atoms with Crippen molar-refractivity contribution in [1.82, 2.24) is 5.32 Å². The maximum Gasteiger partial charge on any atom is 0.258 e. The van der Waals surface area contributed by atoms with Gasteiger partial charge < -0.3 is 15.8 Å². The van der Waals surface area contributed by atoms with Crippen molar-refractivity contribution >= 4 is 11.8 Å². The molecule has 0 aromatic heterocycles. The molecule has 0 unspecified atom stereocenters. The molecular weight excluding hydrogens is 304 g/mol. The lowest BCUT2D eigenvalue weighted by molar-refractivity contribution is -0.123. The van der Waals surface area contributed by atoms with Gasteiger partial charge >= 0.3 is 0 Å². The molecule has 124 valence electrons. The molecule has 5 nitrogen and oxygen atoms in total. The highest BCUT2D eigenvalue weighted by Crippen LogP contribution is 2.25. The summed E-state index contributed by atoms with van der Waals surface area (Å²) < 4.78 is 5.56. The van der Waals surface area contributed by atoms with Crippen LogP contribution in [0.2, 0.25) is 0 Å². The second-order valence-electron chi connectivity index (χ2n) is 5.91. The Kier molecular flexibility index (Phi) is 4.79. The second kappa shape index (κ2) is 7.17. The Hall–Kier alpha value is -2.82. The summed E-state index contributed by atoms with van der Waals surface area (Å²) >= 11 is 0. The van der Waals surface area contributed by atoms with E-state index in [1.54, 1.807) is 18.2 Å². The normalized spacial score (nSPS) is 12.5. The van der Waals surface area contributed by atoms with Gasteiger partial charge in [0.05, 0.1) is 0 Å². The lowest BCUT2D eigenvalue weighted by Crippen LogP contribution is -2.28. The third-order valence-corrected chi connectivity index (χ3v) is 4.14. The minimum Gasteiger partial charge on any atom is -0.484 e. The van der Waals surface area contributed by atoms with Crippen LogP contribution in [0.1, 0.15) is 33.5 Å². The number of primary amides is 1. The van der Waals surface area contributed by atoms with Gasteiger partial charge in [-0.3, -0.25) is 9.59 Å². The number of carbonyl (C=O) groups is 2. The summed E-state index contributed by atoms with van der Waals surface area (Å²) in [5.41, 5.74) is 9.18. The summed E-state index contributed by atoms with van der Waals surface area (Å²) in [7, 11) is 0. The molecule has 0 spiro atoms. The minimum atomic E-state index is -0.483. The summed E-state index contributed by atoms with van der Waals surface area (Å²) in [5, 5.41) is 2.77. The first kappa shape index (κ1) is 16.1. The van der Waals surface area contributed by atoms with Gasteiger partial charge in [0.2, 0.25) is 5.91 Å². The van der Waals surface area contributed by atoms with Gasteiger partial charge in [-0.15, -0.1) is 0 Å². The van der Waals surface area contributed by atoms with E-state index in [-0.39, 0.29) is 12.5 Å². The quantitative estimate of drug-likeness (QED) is 0.852. The molecule has 1 aliphatic rings. The van der Waals surface area contributed by atoms with Crippen molar-refractivity contribution < 1.29 is 14.3 Å². The van der Waals surface area contributed by atoms with Crippen molar-refractivity contribution in [3.8, 4) is 5.75 Å². The number of hydrogen-bond donors (Lipinski definition) is 2. The van der Waals surface area contributed by atoms with Crippen LogP contribution in [-0.2, 0) is 24.2 Å². The average Bonchev–Trinajstić information content (AvgIpc) is 3.06. The number of ether oxygens (including phenoxy) is 1. The van der Waals surface area contributed by atoms with Gasteiger partial charge in [0, 0.05) is 12.1 Å². The van der Waals surface area contributed by atoms with Crippen LogP contribution in [0.5, 0.6) is 5.75 Å². The Morgan fingerprint density at radius 1 is 1.08 bits per heavy atom. The van der Waals surface area contributed by atoms with E-state index in [9.17, 15) is 9.59 Å². The van der Waals surface area contributed by atoms with Crippen molar-refractivity contribution in [2.45, 2.75) is 25.8 Å². The standard InChI is InChI=1S/C19H20N2O3/c20-19(23)16-6-1-3-13(9-16)11-21-18(22)12-24-17-8-7-14-4-2-5-15(14)10-17/h1,3,6-10H,2,4-5,11-12H2,(H2,20,23)(H,21,22). The number of fused-ring (bicyclic) bond motifs is 1. The van der Waals surface area contributed by atoms with Crippen molar-refractivity contribution in [3.63, 3.8) is 0 Å². The topological polar surface area (TPSA) is 81.4 Å². The number of rotatable bonds is 6. The van der Waals surface area contributed by atoms with Crippen LogP contribution in [0.4, 0.5) is 0 Å². The summed E-state index contributed by atoms with van der Waals surface area (Å²) in [6, 6.07) is 12.9. The molecule has 0 aliphatic heterocycles. The van der Waals surface area contributed by atoms with E-state index < -0.39 is 5.91 Å². The number of aryl methyl sites for hydroxylation is 2. The molecule has 2 amide bonds. The molecule has 0 saturated heterocycles. The van der Waals surface area contributed by atoms with Gasteiger partial charge in [-0.2, -0.15) is 0 Å². The van der Waals surface area contributed by atoms with Crippen LogP contribution < -0.4 is 15.8 Å². The summed E-state index contributed by atoms with van der Waals surface area (Å²) in [5.74, 6) is 0.0321. The molecule has 5 heteroatoms. The first-order valence-electron chi connectivity index (χ1n) is 8.02. The molecule has 0 heterocycles. The van der Waals surface area contributed by atoms with Crippen molar-refractivity contribution in [3.05, 3.63) is 64.7 Å². The Labute approximate surface area is 140 Å². The Morgan fingerprint density at radius 3 is 2.75 bits per heavy atom. The van der Waals surface area contributed by atoms with Crippen LogP contribution in [0.3, 0.4) is 0 Å². The van der Waals surface area contributed by atoms with Crippen molar-refractivity contribution in [2.75, 3.05) is 6.61 Å². The predicted octanol–water partition coefficient (Wildman–Crippen LogP) is 1.97. The van der Waals surface area contributed by atoms with E-state index in [1.165, 1.54) is 17.5 Å². The van der Waals surface area contributed by atoms with E-state index in [2.05, 4.69) is 11.4 Å². The molecule has 24 heavy (non-hydrogen) atoms. The summed E-state index contributed by atoms with van der Waals surface area (Å²) in [4.78, 5) is 23.1. The van der Waals surface area contributed by atoms with Gasteiger partial charge in [0.25, 0.3) is 5.91 Å². The fourth-order valence-electron chi connectivity index (χ4n) is 2.87. The first-order valence-corrected chi connectivity index (χ1v) is 8.02. The number of benzene rings is 2. The largest absolute Gasteiger partial charge is 0.484 e. The SMILES string of the molecule is NC(=O)c1cccc(CNC(=O)COc2ccc3c(c2)CCC3)c1. The van der Waals surface area contributed by atoms with Gasteiger partial charge in [-0.25, -0.2) is 0 Å². The van der Waals surface area contributed by atoms with Crippen molar-refractivity contribution in [2.24, 2.45) is 5.73 Å². The van der Waals surface area contributed by atoms with Crippen LogP contribution in [0.15, 0.2) is 42.5 Å². The highest BCUT2D eigenvalue weighted by atomic mass is 16.5. The minimum absolute atomic E-state index is 0.0334. The molecule has 0 fully saturated rings. The fourth-order valence-corrected chi connectivity index (χ4v) is 2.87. The predicted molar refractivity (Wildman–Crippen MR) is 90.8 cm³/mol. The molecule has 0 radical (unpaired) electrons. The van der Waals surface area contributed by atoms with Gasteiger partial charge in [-0.05, 0) is 60.2 Å². The number of nitrogens with one attached hydrogen (secondary N) is 1. The molecule has 0 bridgehead atoms. The zero-order valence-corrected chi connectivity index (χ0v) is 13.4. The van der Waals surface area contributed by atoms with E-state index in [0.29, 0.717) is 12.1 Å². The molecule has 1 aliphatic carbocycles. The number of carbonyl (C=O) groups excluding carboxylic acids is 2. The Balaban J connectivity index is 1.49. The van der Waals surface area contributed by atoms with E-state index in [0.717, 1.165) is 24.2 Å². The van der Waals surface area contributed by atoms with E-state index >= 15 is 0 Å². The van der Waals surface area contributed by atoms with Crippen LogP contribution in [0, 0.1) is 0 Å². The summed E-state index contributed by atoms with van der Waals surface area (Å²) in [6.07, 6.45) is 3.39. The van der Waals surface area contributed by atoms with Crippen molar-refractivity contribution in [1.29, 1.82) is 0 Å². The smallest absolute Gasteiger partial charge is 0.258 e. The molecule has 0 saturated carbocycles. The monoisotopic (exact) mass is 324 g/mol. The second-order valence-corrected chi connectivity index (χ2v) is 5.91. The van der Waals surface area contributed by atoms with Crippen LogP contribution in [-0.4, -0.2) is 18.4 Å². The Morgan fingerprint density at radius 2 is 1.92 bits per heavy atom. The van der Waals surface area contributed by atoms with Gasteiger partial charge in [0.15, 0.2) is 6.61 Å². The third-order valence-electron chi connectivity index (χ3n) is 4.14. The lowest BCUT2D eigenvalue weighted by atomic mass is 10.1. The lowest BCUT2D eigenvalue weighted by Gasteiger charge is -2.09. The average molecular weight is 324 g/mol. The molecule has 3 N–H and O–H groups in total.